The molecule has 0 saturated carbocycles. The van der Waals surface area contributed by atoms with E-state index >= 15 is 0 Å². The van der Waals surface area contributed by atoms with E-state index in [1.807, 2.05) is 11.0 Å². The molecule has 1 aliphatic rings. The van der Waals surface area contributed by atoms with Gasteiger partial charge in [0.05, 0.1) is 29.0 Å². The minimum atomic E-state index is -3.83. The molecular formula is C17H20N6O4S. The highest BCUT2D eigenvalue weighted by Gasteiger charge is 2.32. The van der Waals surface area contributed by atoms with Gasteiger partial charge in [-0.1, -0.05) is 6.07 Å². The number of nitrogens with zero attached hydrogens (tertiary/aromatic N) is 3. The Morgan fingerprint density at radius 2 is 2.14 bits per heavy atom. The number of nitrogens with one attached hydrogen (secondary N) is 2. The molecule has 0 aliphatic carbocycles. The lowest BCUT2D eigenvalue weighted by molar-refractivity contribution is 0.184. The molecule has 1 aliphatic heterocycles. The molecule has 2 unspecified atom stereocenters. The SMILES string of the molecule is NS(=O)(=O)c1cccc(Nc2nc(N3CC(O)CC3CO)c3cc[nH]c3n2)c1. The number of aromatic amines is 1. The molecule has 3 heterocycles. The molecule has 1 saturated heterocycles. The Hall–Kier alpha value is -2.73. The van der Waals surface area contributed by atoms with Gasteiger partial charge in [-0.15, -0.1) is 0 Å². The summed E-state index contributed by atoms with van der Waals surface area (Å²) in [5.41, 5.74) is 1.04. The summed E-state index contributed by atoms with van der Waals surface area (Å²) < 4.78 is 23.1. The highest BCUT2D eigenvalue weighted by molar-refractivity contribution is 7.89. The molecule has 10 nitrogen and oxygen atoms in total. The second kappa shape index (κ2) is 7.02. The molecule has 0 radical (unpaired) electrons. The van der Waals surface area contributed by atoms with E-state index in [0.717, 1.165) is 5.39 Å². The quantitative estimate of drug-likeness (QED) is 0.406. The van der Waals surface area contributed by atoms with Crippen LogP contribution in [-0.2, 0) is 10.0 Å². The number of β-amino-alcohol motifs (C(OH)–C–C–N with tert-alkyl or cyclic N) is 1. The number of hydrogen-bond acceptors (Lipinski definition) is 8. The summed E-state index contributed by atoms with van der Waals surface area (Å²) in [7, 11) is -3.83. The van der Waals surface area contributed by atoms with Gasteiger partial charge in [0.15, 0.2) is 0 Å². The van der Waals surface area contributed by atoms with Gasteiger partial charge in [0.2, 0.25) is 16.0 Å². The molecule has 4 rings (SSSR count). The first kappa shape index (κ1) is 18.6. The number of sulfonamides is 1. The third kappa shape index (κ3) is 3.52. The van der Waals surface area contributed by atoms with E-state index in [2.05, 4.69) is 20.3 Å². The zero-order valence-electron chi connectivity index (χ0n) is 14.8. The number of hydrogen-bond donors (Lipinski definition) is 5. The van der Waals surface area contributed by atoms with Crippen molar-refractivity contribution in [3.63, 3.8) is 0 Å². The highest BCUT2D eigenvalue weighted by Crippen LogP contribution is 2.31. The first-order valence-corrected chi connectivity index (χ1v) is 10.2. The van der Waals surface area contributed by atoms with Crippen LogP contribution in [0.2, 0.25) is 0 Å². The maximum Gasteiger partial charge on any atom is 0.238 e. The molecule has 0 amide bonds. The lowest BCUT2D eigenvalue weighted by Gasteiger charge is -2.24. The van der Waals surface area contributed by atoms with Crippen molar-refractivity contribution in [3.05, 3.63) is 36.5 Å². The number of aliphatic hydroxyl groups excluding tert-OH is 2. The van der Waals surface area contributed by atoms with Crippen molar-refractivity contribution in [1.29, 1.82) is 0 Å². The van der Waals surface area contributed by atoms with Gasteiger partial charge >= 0.3 is 0 Å². The molecular weight excluding hydrogens is 384 g/mol. The smallest absolute Gasteiger partial charge is 0.238 e. The molecule has 11 heteroatoms. The number of H-pyrrole nitrogens is 1. The average molecular weight is 404 g/mol. The van der Waals surface area contributed by atoms with Gasteiger partial charge in [-0.25, -0.2) is 13.6 Å². The largest absolute Gasteiger partial charge is 0.394 e. The van der Waals surface area contributed by atoms with Gasteiger partial charge in [0, 0.05) is 18.4 Å². The minimum absolute atomic E-state index is 0.0262. The maximum atomic E-state index is 11.6. The first-order chi connectivity index (χ1) is 13.3. The molecule has 0 bridgehead atoms. The Labute approximate surface area is 161 Å². The van der Waals surface area contributed by atoms with E-state index in [4.69, 9.17) is 5.14 Å². The number of rotatable bonds is 5. The van der Waals surface area contributed by atoms with Gasteiger partial charge in [-0.3, -0.25) is 0 Å². The van der Waals surface area contributed by atoms with Gasteiger partial charge in [0.25, 0.3) is 0 Å². The second-order valence-corrected chi connectivity index (χ2v) is 8.25. The molecule has 0 spiro atoms. The fourth-order valence-corrected chi connectivity index (χ4v) is 3.96. The van der Waals surface area contributed by atoms with Crippen LogP contribution in [0.1, 0.15) is 6.42 Å². The summed E-state index contributed by atoms with van der Waals surface area (Å²) in [6.07, 6.45) is 1.63. The van der Waals surface area contributed by atoms with Gasteiger partial charge in [-0.05, 0) is 30.7 Å². The van der Waals surface area contributed by atoms with E-state index in [0.29, 0.717) is 30.1 Å². The summed E-state index contributed by atoms with van der Waals surface area (Å²) in [6.45, 7) is 0.245. The predicted octanol–water partition coefficient (Wildman–Crippen LogP) is 0.281. The van der Waals surface area contributed by atoms with Gasteiger partial charge in [0.1, 0.15) is 11.5 Å². The summed E-state index contributed by atoms with van der Waals surface area (Å²) in [6, 6.07) is 7.62. The van der Waals surface area contributed by atoms with Crippen LogP contribution in [0.4, 0.5) is 17.5 Å². The van der Waals surface area contributed by atoms with Crippen LogP contribution in [0.5, 0.6) is 0 Å². The van der Waals surface area contributed by atoms with Crippen molar-refractivity contribution in [2.45, 2.75) is 23.5 Å². The van der Waals surface area contributed by atoms with E-state index in [9.17, 15) is 18.6 Å². The Morgan fingerprint density at radius 3 is 2.89 bits per heavy atom. The Bertz CT molecular complexity index is 1120. The number of aliphatic hydroxyl groups is 2. The van der Waals surface area contributed by atoms with Crippen molar-refractivity contribution < 1.29 is 18.6 Å². The Kier molecular flexibility index (Phi) is 4.67. The molecule has 1 fully saturated rings. The fourth-order valence-electron chi connectivity index (χ4n) is 3.40. The average Bonchev–Trinajstić information content (AvgIpc) is 3.26. The van der Waals surface area contributed by atoms with Gasteiger partial charge < -0.3 is 25.4 Å². The number of fused-ring (bicyclic) bond motifs is 1. The van der Waals surface area contributed by atoms with Gasteiger partial charge in [-0.2, -0.15) is 9.97 Å². The van der Waals surface area contributed by atoms with E-state index in [1.165, 1.54) is 12.1 Å². The molecule has 2 atom stereocenters. The van der Waals surface area contributed by atoms with Crippen molar-refractivity contribution in [3.8, 4) is 0 Å². The fraction of sp³-hybridized carbons (Fsp3) is 0.294. The lowest BCUT2D eigenvalue weighted by atomic mass is 10.2. The third-order valence-corrected chi connectivity index (χ3v) is 5.60. The lowest BCUT2D eigenvalue weighted by Crippen LogP contribution is -2.33. The molecule has 3 aromatic rings. The van der Waals surface area contributed by atoms with Crippen LogP contribution in [0.25, 0.3) is 11.0 Å². The van der Waals surface area contributed by atoms with Crippen molar-refractivity contribution >= 4 is 38.5 Å². The van der Waals surface area contributed by atoms with E-state index in [-0.39, 0.29) is 23.5 Å². The van der Waals surface area contributed by atoms with Crippen LogP contribution in [-0.4, -0.2) is 58.9 Å². The van der Waals surface area contributed by atoms with Crippen LogP contribution in [0.3, 0.4) is 0 Å². The van der Waals surface area contributed by atoms with Crippen LogP contribution in [0.15, 0.2) is 41.4 Å². The molecule has 1 aromatic carbocycles. The number of benzene rings is 1. The highest BCUT2D eigenvalue weighted by atomic mass is 32.2. The first-order valence-electron chi connectivity index (χ1n) is 8.66. The van der Waals surface area contributed by atoms with E-state index in [1.54, 1.807) is 18.3 Å². The molecule has 6 N–H and O–H groups in total. The van der Waals surface area contributed by atoms with Crippen molar-refractivity contribution in [1.82, 2.24) is 15.0 Å². The zero-order chi connectivity index (χ0) is 19.9. The van der Waals surface area contributed by atoms with Crippen molar-refractivity contribution in [2.75, 3.05) is 23.4 Å². The number of primary sulfonamides is 1. The molecule has 2 aromatic heterocycles. The topological polar surface area (TPSA) is 157 Å². The number of aromatic nitrogens is 3. The minimum Gasteiger partial charge on any atom is -0.394 e. The summed E-state index contributed by atoms with van der Waals surface area (Å²) in [5.74, 6) is 0.821. The number of nitrogens with two attached hydrogens (primary N) is 1. The zero-order valence-corrected chi connectivity index (χ0v) is 15.6. The normalized spacial score (nSPS) is 20.0. The Morgan fingerprint density at radius 1 is 1.32 bits per heavy atom. The third-order valence-electron chi connectivity index (χ3n) is 4.69. The standard InChI is InChI=1S/C17H20N6O4S/c18-28(26,27)13-3-1-2-10(6-13)20-17-21-15-14(4-5-19-15)16(22-17)23-8-12(25)7-11(23)9-24/h1-6,11-12,24-25H,7-9H2,(H2,18,26,27)(H2,19,20,21,22). The summed E-state index contributed by atoms with van der Waals surface area (Å²) in [4.78, 5) is 13.8. The van der Waals surface area contributed by atoms with Crippen LogP contribution < -0.4 is 15.4 Å². The predicted molar refractivity (Wildman–Crippen MR) is 104 cm³/mol. The summed E-state index contributed by atoms with van der Waals surface area (Å²) in [5, 5.41) is 28.6. The Balaban J connectivity index is 1.73. The van der Waals surface area contributed by atoms with Crippen LogP contribution >= 0.6 is 0 Å². The van der Waals surface area contributed by atoms with Crippen LogP contribution in [0, 0.1) is 0 Å². The molecule has 148 valence electrons. The second-order valence-electron chi connectivity index (χ2n) is 6.69. The molecule has 28 heavy (non-hydrogen) atoms. The maximum absolute atomic E-state index is 11.6. The summed E-state index contributed by atoms with van der Waals surface area (Å²) >= 11 is 0. The monoisotopic (exact) mass is 404 g/mol. The van der Waals surface area contributed by atoms with E-state index < -0.39 is 16.1 Å². The van der Waals surface area contributed by atoms with Crippen molar-refractivity contribution in [2.24, 2.45) is 5.14 Å². The number of anilines is 3.